The standard InChI is InChI=1S/C15H17N3O3/c1-8(2)18-14(20)11-6-3-9(7-12(11)17-15(18)21)13(19)16-10-4-5-10/h3,6-8,10H,4-5H2,1-2H3,(H,16,19)(H,17,21). The van der Waals surface area contributed by atoms with Crippen LogP contribution in [-0.2, 0) is 0 Å². The third-order valence-electron chi connectivity index (χ3n) is 3.62. The van der Waals surface area contributed by atoms with Gasteiger partial charge in [-0.1, -0.05) is 0 Å². The number of nitrogens with one attached hydrogen (secondary N) is 2. The molecular weight excluding hydrogens is 270 g/mol. The second kappa shape index (κ2) is 4.87. The number of H-pyrrole nitrogens is 1. The summed E-state index contributed by atoms with van der Waals surface area (Å²) in [7, 11) is 0. The van der Waals surface area contributed by atoms with Crippen LogP contribution in [0.4, 0.5) is 0 Å². The van der Waals surface area contributed by atoms with E-state index < -0.39 is 5.69 Å². The van der Waals surface area contributed by atoms with E-state index >= 15 is 0 Å². The lowest BCUT2D eigenvalue weighted by Gasteiger charge is -2.10. The first-order valence-corrected chi connectivity index (χ1v) is 7.07. The van der Waals surface area contributed by atoms with Gasteiger partial charge in [0.25, 0.3) is 11.5 Å². The van der Waals surface area contributed by atoms with Crippen molar-refractivity contribution in [2.75, 3.05) is 0 Å². The molecule has 6 nitrogen and oxygen atoms in total. The van der Waals surface area contributed by atoms with Crippen LogP contribution in [0, 0.1) is 0 Å². The van der Waals surface area contributed by atoms with E-state index in [-0.39, 0.29) is 23.6 Å². The lowest BCUT2D eigenvalue weighted by Crippen LogP contribution is -2.36. The average molecular weight is 287 g/mol. The van der Waals surface area contributed by atoms with Crippen LogP contribution in [0.5, 0.6) is 0 Å². The summed E-state index contributed by atoms with van der Waals surface area (Å²) in [5.74, 6) is -0.173. The minimum atomic E-state index is -0.456. The smallest absolute Gasteiger partial charge is 0.329 e. The first-order chi connectivity index (χ1) is 9.97. The van der Waals surface area contributed by atoms with Gasteiger partial charge in [-0.05, 0) is 44.9 Å². The molecule has 1 heterocycles. The third-order valence-corrected chi connectivity index (χ3v) is 3.62. The molecule has 110 valence electrons. The highest BCUT2D eigenvalue weighted by atomic mass is 16.2. The number of benzene rings is 1. The molecule has 0 spiro atoms. The van der Waals surface area contributed by atoms with Gasteiger partial charge < -0.3 is 10.3 Å². The predicted molar refractivity (Wildman–Crippen MR) is 79.7 cm³/mol. The van der Waals surface area contributed by atoms with E-state index in [2.05, 4.69) is 10.3 Å². The molecule has 1 aromatic carbocycles. The van der Waals surface area contributed by atoms with Crippen LogP contribution in [0.1, 0.15) is 43.1 Å². The predicted octanol–water partition coefficient (Wildman–Crippen LogP) is 1.16. The van der Waals surface area contributed by atoms with E-state index in [0.717, 1.165) is 12.8 Å². The zero-order chi connectivity index (χ0) is 15.1. The second-order valence-corrected chi connectivity index (χ2v) is 5.71. The van der Waals surface area contributed by atoms with Gasteiger partial charge in [0.2, 0.25) is 0 Å². The summed E-state index contributed by atoms with van der Waals surface area (Å²) in [5, 5.41) is 3.29. The summed E-state index contributed by atoms with van der Waals surface area (Å²) in [6.07, 6.45) is 2.02. The Morgan fingerprint density at radius 2 is 2.05 bits per heavy atom. The summed E-state index contributed by atoms with van der Waals surface area (Å²) in [6.45, 7) is 3.56. The number of aromatic nitrogens is 2. The van der Waals surface area contributed by atoms with E-state index in [1.807, 2.05) is 0 Å². The molecule has 0 bridgehead atoms. The monoisotopic (exact) mass is 287 g/mol. The molecule has 2 N–H and O–H groups in total. The normalized spacial score (nSPS) is 14.6. The van der Waals surface area contributed by atoms with Gasteiger partial charge in [0.15, 0.2) is 0 Å². The van der Waals surface area contributed by atoms with Gasteiger partial charge in [-0.3, -0.25) is 14.2 Å². The summed E-state index contributed by atoms with van der Waals surface area (Å²) in [4.78, 5) is 38.9. The van der Waals surface area contributed by atoms with Crippen molar-refractivity contribution >= 4 is 16.8 Å². The highest BCUT2D eigenvalue weighted by Gasteiger charge is 2.24. The topological polar surface area (TPSA) is 84.0 Å². The Morgan fingerprint density at radius 1 is 1.33 bits per heavy atom. The number of amides is 1. The molecule has 1 aliphatic carbocycles. The van der Waals surface area contributed by atoms with E-state index in [0.29, 0.717) is 16.5 Å². The van der Waals surface area contributed by atoms with Crippen molar-refractivity contribution in [1.82, 2.24) is 14.9 Å². The molecule has 1 amide bonds. The lowest BCUT2D eigenvalue weighted by atomic mass is 10.1. The molecule has 0 aliphatic heterocycles. The first-order valence-electron chi connectivity index (χ1n) is 7.07. The molecule has 21 heavy (non-hydrogen) atoms. The number of hydrogen-bond donors (Lipinski definition) is 2. The number of rotatable bonds is 3. The highest BCUT2D eigenvalue weighted by Crippen LogP contribution is 2.19. The molecule has 1 aromatic heterocycles. The largest absolute Gasteiger partial charge is 0.349 e. The van der Waals surface area contributed by atoms with Crippen molar-refractivity contribution in [2.45, 2.75) is 38.8 Å². The van der Waals surface area contributed by atoms with Crippen LogP contribution in [0.2, 0.25) is 0 Å². The van der Waals surface area contributed by atoms with Crippen molar-refractivity contribution in [3.05, 3.63) is 44.6 Å². The number of hydrogen-bond acceptors (Lipinski definition) is 3. The molecule has 0 radical (unpaired) electrons. The summed E-state index contributed by atoms with van der Waals surface area (Å²) >= 11 is 0. The van der Waals surface area contributed by atoms with Gasteiger partial charge in [-0.2, -0.15) is 0 Å². The van der Waals surface area contributed by atoms with Crippen LogP contribution in [0.25, 0.3) is 10.9 Å². The number of carbonyl (C=O) groups excluding carboxylic acids is 1. The molecule has 1 aliphatic rings. The molecule has 6 heteroatoms. The molecular formula is C15H17N3O3. The maximum Gasteiger partial charge on any atom is 0.329 e. The van der Waals surface area contributed by atoms with Gasteiger partial charge in [0.1, 0.15) is 0 Å². The van der Waals surface area contributed by atoms with Crippen LogP contribution >= 0.6 is 0 Å². The Kier molecular flexibility index (Phi) is 3.16. The van der Waals surface area contributed by atoms with E-state index in [9.17, 15) is 14.4 Å². The number of fused-ring (bicyclic) bond motifs is 1. The molecule has 1 fully saturated rings. The summed E-state index contributed by atoms with van der Waals surface area (Å²) < 4.78 is 1.17. The molecule has 0 atom stereocenters. The molecule has 2 aromatic rings. The number of carbonyl (C=O) groups is 1. The van der Waals surface area contributed by atoms with Gasteiger partial charge in [0.05, 0.1) is 10.9 Å². The van der Waals surface area contributed by atoms with Crippen LogP contribution in [-0.4, -0.2) is 21.5 Å². The summed E-state index contributed by atoms with van der Waals surface area (Å²) in [5.41, 5.74) is 0.0530. The quantitative estimate of drug-likeness (QED) is 0.888. The maximum absolute atomic E-state index is 12.3. The van der Waals surface area contributed by atoms with Gasteiger partial charge in [-0.15, -0.1) is 0 Å². The fourth-order valence-electron chi connectivity index (χ4n) is 2.34. The molecule has 1 saturated carbocycles. The fraction of sp³-hybridized carbons (Fsp3) is 0.400. The van der Waals surface area contributed by atoms with Crippen molar-refractivity contribution in [2.24, 2.45) is 0 Å². The molecule has 3 rings (SSSR count). The zero-order valence-corrected chi connectivity index (χ0v) is 12.0. The Balaban J connectivity index is 2.10. The second-order valence-electron chi connectivity index (χ2n) is 5.71. The van der Waals surface area contributed by atoms with Gasteiger partial charge in [-0.25, -0.2) is 4.79 Å². The van der Waals surface area contributed by atoms with Gasteiger partial charge >= 0.3 is 5.69 Å². The minimum absolute atomic E-state index is 0.173. The summed E-state index contributed by atoms with van der Waals surface area (Å²) in [6, 6.07) is 4.81. The number of nitrogens with zero attached hydrogens (tertiary/aromatic N) is 1. The SMILES string of the molecule is CC(C)n1c(=O)[nH]c2cc(C(=O)NC3CC3)ccc2c1=O. The Morgan fingerprint density at radius 3 is 2.67 bits per heavy atom. The van der Waals surface area contributed by atoms with Crippen LogP contribution < -0.4 is 16.6 Å². The minimum Gasteiger partial charge on any atom is -0.349 e. The zero-order valence-electron chi connectivity index (χ0n) is 12.0. The Hall–Kier alpha value is -2.37. The van der Waals surface area contributed by atoms with Crippen LogP contribution in [0.15, 0.2) is 27.8 Å². The van der Waals surface area contributed by atoms with Crippen molar-refractivity contribution in [3.63, 3.8) is 0 Å². The van der Waals surface area contributed by atoms with Crippen molar-refractivity contribution < 1.29 is 4.79 Å². The first kappa shape index (κ1) is 13.6. The van der Waals surface area contributed by atoms with Crippen molar-refractivity contribution in [1.29, 1.82) is 0 Å². The van der Waals surface area contributed by atoms with Crippen LogP contribution in [0.3, 0.4) is 0 Å². The lowest BCUT2D eigenvalue weighted by molar-refractivity contribution is 0.0951. The maximum atomic E-state index is 12.3. The van der Waals surface area contributed by atoms with E-state index in [1.54, 1.807) is 32.0 Å². The Bertz CT molecular complexity index is 828. The third kappa shape index (κ3) is 2.49. The number of aromatic amines is 1. The Labute approximate surface area is 120 Å². The van der Waals surface area contributed by atoms with E-state index in [1.165, 1.54) is 4.57 Å². The molecule has 0 unspecified atom stereocenters. The highest BCUT2D eigenvalue weighted by molar-refractivity contribution is 5.97. The fourth-order valence-corrected chi connectivity index (χ4v) is 2.34. The van der Waals surface area contributed by atoms with E-state index in [4.69, 9.17) is 0 Å². The average Bonchev–Trinajstić information content (AvgIpc) is 3.21. The van der Waals surface area contributed by atoms with Crippen molar-refractivity contribution in [3.8, 4) is 0 Å². The van der Waals surface area contributed by atoms with Gasteiger partial charge in [0, 0.05) is 17.6 Å². The molecule has 0 saturated heterocycles.